The molecule has 1 aromatic carbocycles. The molecule has 0 N–H and O–H groups in total. The van der Waals surface area contributed by atoms with Crippen molar-refractivity contribution in [2.24, 2.45) is 7.05 Å². The Balaban J connectivity index is 2.38. The average Bonchev–Trinajstić information content (AvgIpc) is 2.53. The van der Waals surface area contributed by atoms with Gasteiger partial charge in [0.25, 0.3) is 0 Å². The van der Waals surface area contributed by atoms with E-state index in [-0.39, 0.29) is 0 Å². The van der Waals surface area contributed by atoms with Crippen molar-refractivity contribution in [1.82, 2.24) is 9.78 Å². The third-order valence-electron chi connectivity index (χ3n) is 2.67. The number of nitrogens with zero attached hydrogens (tertiary/aromatic N) is 2. The lowest BCUT2D eigenvalue weighted by Crippen LogP contribution is -1.84. The zero-order valence-electron chi connectivity index (χ0n) is 7.20. The fourth-order valence-corrected chi connectivity index (χ4v) is 1.86. The van der Waals surface area contributed by atoms with Crippen LogP contribution in [0, 0.1) is 0 Å². The standard InChI is InChI=1S/C10H10N2/c1-6-8-3-7-5-12(2)11-10(7)4-9(6)8/h3-6H,1-2H3. The third kappa shape index (κ3) is 0.624. The quantitative estimate of drug-likeness (QED) is 0.573. The van der Waals surface area contributed by atoms with E-state index in [2.05, 4.69) is 30.4 Å². The van der Waals surface area contributed by atoms with Crippen molar-refractivity contribution in [2.45, 2.75) is 12.8 Å². The smallest absolute Gasteiger partial charge is 0.0926 e. The van der Waals surface area contributed by atoms with Crippen LogP contribution in [0.25, 0.3) is 10.9 Å². The van der Waals surface area contributed by atoms with Gasteiger partial charge >= 0.3 is 0 Å². The largest absolute Gasteiger partial charge is 0.275 e. The monoisotopic (exact) mass is 158 g/mol. The van der Waals surface area contributed by atoms with Gasteiger partial charge in [-0.1, -0.05) is 6.92 Å². The molecule has 60 valence electrons. The second-order valence-corrected chi connectivity index (χ2v) is 3.56. The number of rotatable bonds is 0. The summed E-state index contributed by atoms with van der Waals surface area (Å²) in [6.07, 6.45) is 2.07. The highest BCUT2D eigenvalue weighted by Gasteiger charge is 2.28. The van der Waals surface area contributed by atoms with Crippen molar-refractivity contribution in [3.63, 3.8) is 0 Å². The maximum Gasteiger partial charge on any atom is 0.0926 e. The summed E-state index contributed by atoms with van der Waals surface area (Å²) in [6.45, 7) is 2.24. The zero-order chi connectivity index (χ0) is 8.29. The first-order chi connectivity index (χ1) is 5.75. The highest BCUT2D eigenvalue weighted by Crippen LogP contribution is 2.44. The maximum atomic E-state index is 4.36. The van der Waals surface area contributed by atoms with E-state index in [1.165, 1.54) is 16.5 Å². The Hall–Kier alpha value is -1.31. The number of hydrogen-bond acceptors (Lipinski definition) is 1. The molecule has 2 aromatic rings. The van der Waals surface area contributed by atoms with Gasteiger partial charge in [0.05, 0.1) is 5.52 Å². The number of benzene rings is 1. The van der Waals surface area contributed by atoms with Crippen LogP contribution in [0.3, 0.4) is 0 Å². The molecule has 2 nitrogen and oxygen atoms in total. The van der Waals surface area contributed by atoms with Gasteiger partial charge in [-0.2, -0.15) is 5.10 Å². The van der Waals surface area contributed by atoms with Gasteiger partial charge in [0.15, 0.2) is 0 Å². The van der Waals surface area contributed by atoms with E-state index >= 15 is 0 Å². The lowest BCUT2D eigenvalue weighted by molar-refractivity contribution is 0.779. The van der Waals surface area contributed by atoms with Crippen molar-refractivity contribution < 1.29 is 0 Å². The van der Waals surface area contributed by atoms with Crippen LogP contribution in [-0.2, 0) is 7.05 Å². The second kappa shape index (κ2) is 1.71. The summed E-state index contributed by atoms with van der Waals surface area (Å²) in [4.78, 5) is 0. The summed E-state index contributed by atoms with van der Waals surface area (Å²) < 4.78 is 1.87. The number of fused-ring (bicyclic) bond motifs is 2. The van der Waals surface area contributed by atoms with E-state index in [0.717, 1.165) is 5.52 Å². The van der Waals surface area contributed by atoms with Gasteiger partial charge in [-0.15, -0.1) is 0 Å². The van der Waals surface area contributed by atoms with E-state index in [4.69, 9.17) is 0 Å². The van der Waals surface area contributed by atoms with E-state index in [0.29, 0.717) is 5.92 Å². The lowest BCUT2D eigenvalue weighted by Gasteiger charge is -1.80. The number of hydrogen-bond donors (Lipinski definition) is 0. The van der Waals surface area contributed by atoms with Crippen LogP contribution in [0.5, 0.6) is 0 Å². The predicted molar refractivity (Wildman–Crippen MR) is 48.2 cm³/mol. The molecule has 1 unspecified atom stereocenters. The van der Waals surface area contributed by atoms with Gasteiger partial charge < -0.3 is 0 Å². The molecule has 0 aliphatic heterocycles. The molecule has 1 aliphatic rings. The molecule has 0 radical (unpaired) electrons. The Kier molecular flexibility index (Phi) is 0.888. The molecule has 3 rings (SSSR count). The van der Waals surface area contributed by atoms with E-state index in [9.17, 15) is 0 Å². The van der Waals surface area contributed by atoms with Crippen molar-refractivity contribution in [3.05, 3.63) is 29.5 Å². The van der Waals surface area contributed by atoms with Crippen molar-refractivity contribution >= 4 is 10.9 Å². The lowest BCUT2D eigenvalue weighted by atomic mass is 10.3. The molecule has 0 saturated heterocycles. The summed E-state index contributed by atoms with van der Waals surface area (Å²) >= 11 is 0. The molecule has 1 atom stereocenters. The molecular formula is C10H10N2. The Morgan fingerprint density at radius 3 is 2.92 bits per heavy atom. The molecule has 1 aliphatic carbocycles. The normalized spacial score (nSPS) is 19.7. The Morgan fingerprint density at radius 1 is 1.33 bits per heavy atom. The van der Waals surface area contributed by atoms with Crippen LogP contribution < -0.4 is 0 Å². The summed E-state index contributed by atoms with van der Waals surface area (Å²) in [5.41, 5.74) is 4.09. The molecule has 0 spiro atoms. The molecular weight excluding hydrogens is 148 g/mol. The Labute approximate surface area is 70.8 Å². The van der Waals surface area contributed by atoms with Crippen molar-refractivity contribution in [3.8, 4) is 0 Å². The first kappa shape index (κ1) is 6.23. The third-order valence-corrected chi connectivity index (χ3v) is 2.67. The Bertz CT molecular complexity index is 427. The highest BCUT2D eigenvalue weighted by molar-refractivity contribution is 5.83. The van der Waals surface area contributed by atoms with Crippen LogP contribution in [-0.4, -0.2) is 9.78 Å². The minimum atomic E-state index is 0.685. The minimum Gasteiger partial charge on any atom is -0.275 e. The summed E-state index contributed by atoms with van der Waals surface area (Å²) in [5, 5.41) is 5.62. The molecule has 1 aromatic heterocycles. The average molecular weight is 158 g/mol. The molecule has 12 heavy (non-hydrogen) atoms. The highest BCUT2D eigenvalue weighted by atomic mass is 15.2. The second-order valence-electron chi connectivity index (χ2n) is 3.56. The van der Waals surface area contributed by atoms with Crippen LogP contribution >= 0.6 is 0 Å². The van der Waals surface area contributed by atoms with Gasteiger partial charge in [0, 0.05) is 24.5 Å². The number of aryl methyl sites for hydroxylation is 1. The van der Waals surface area contributed by atoms with E-state index in [1.807, 2.05) is 11.7 Å². The van der Waals surface area contributed by atoms with E-state index in [1.54, 1.807) is 0 Å². The van der Waals surface area contributed by atoms with Crippen LogP contribution in [0.4, 0.5) is 0 Å². The molecule has 1 heterocycles. The maximum absolute atomic E-state index is 4.36. The molecule has 0 bridgehead atoms. The van der Waals surface area contributed by atoms with E-state index < -0.39 is 0 Å². The van der Waals surface area contributed by atoms with Crippen molar-refractivity contribution in [1.29, 1.82) is 0 Å². The van der Waals surface area contributed by atoms with Gasteiger partial charge in [-0.05, 0) is 23.3 Å². The van der Waals surface area contributed by atoms with Gasteiger partial charge in [0.2, 0.25) is 0 Å². The molecule has 2 heteroatoms. The summed E-state index contributed by atoms with van der Waals surface area (Å²) in [6, 6.07) is 4.46. The minimum absolute atomic E-state index is 0.685. The first-order valence-electron chi connectivity index (χ1n) is 4.23. The van der Waals surface area contributed by atoms with Gasteiger partial charge in [-0.25, -0.2) is 0 Å². The molecule has 0 saturated carbocycles. The van der Waals surface area contributed by atoms with Crippen LogP contribution in [0.15, 0.2) is 18.3 Å². The van der Waals surface area contributed by atoms with Crippen molar-refractivity contribution in [2.75, 3.05) is 0 Å². The first-order valence-corrected chi connectivity index (χ1v) is 4.23. The summed E-state index contributed by atoms with van der Waals surface area (Å²) in [5.74, 6) is 0.685. The topological polar surface area (TPSA) is 17.8 Å². The fraction of sp³-hybridized carbons (Fsp3) is 0.300. The van der Waals surface area contributed by atoms with Crippen LogP contribution in [0.1, 0.15) is 24.0 Å². The molecule has 0 amide bonds. The number of aromatic nitrogens is 2. The zero-order valence-corrected chi connectivity index (χ0v) is 7.20. The molecule has 0 fully saturated rings. The Morgan fingerprint density at radius 2 is 2.08 bits per heavy atom. The predicted octanol–water partition coefficient (Wildman–Crippen LogP) is 2.04. The fourth-order valence-electron chi connectivity index (χ4n) is 1.86. The SMILES string of the molecule is CC1c2cc3cn(C)nc3cc21. The van der Waals surface area contributed by atoms with Gasteiger partial charge in [0.1, 0.15) is 0 Å². The summed E-state index contributed by atoms with van der Waals surface area (Å²) in [7, 11) is 1.96. The van der Waals surface area contributed by atoms with Crippen LogP contribution in [0.2, 0.25) is 0 Å². The van der Waals surface area contributed by atoms with Gasteiger partial charge in [-0.3, -0.25) is 4.68 Å².